The summed E-state index contributed by atoms with van der Waals surface area (Å²) in [4.78, 5) is 13.9. The van der Waals surface area contributed by atoms with Crippen LogP contribution in [0.15, 0.2) is 0 Å². The van der Waals surface area contributed by atoms with Gasteiger partial charge in [0, 0.05) is 12.6 Å². The standard InChI is InChI=1S/C11H22N2OS/c1-10-5-2-3-7-13(10)11(14)9-15-8-4-6-12/h10H,2-9,12H2,1H3. The van der Waals surface area contributed by atoms with Crippen LogP contribution in [-0.4, -0.2) is 41.4 Å². The number of carbonyl (C=O) groups excluding carboxylic acids is 1. The molecule has 0 aliphatic carbocycles. The molecule has 0 saturated carbocycles. The van der Waals surface area contributed by atoms with E-state index in [2.05, 4.69) is 6.92 Å². The molecule has 1 saturated heterocycles. The summed E-state index contributed by atoms with van der Waals surface area (Å²) in [6.07, 6.45) is 4.61. The normalized spacial score (nSPS) is 21.7. The van der Waals surface area contributed by atoms with E-state index in [1.54, 1.807) is 11.8 Å². The van der Waals surface area contributed by atoms with Gasteiger partial charge in [0.25, 0.3) is 0 Å². The van der Waals surface area contributed by atoms with Crippen molar-refractivity contribution in [2.45, 2.75) is 38.6 Å². The first kappa shape index (κ1) is 12.8. The number of rotatable bonds is 5. The van der Waals surface area contributed by atoms with Crippen molar-refractivity contribution in [1.29, 1.82) is 0 Å². The van der Waals surface area contributed by atoms with Crippen LogP contribution in [0.2, 0.25) is 0 Å². The van der Waals surface area contributed by atoms with Crippen molar-refractivity contribution in [3.8, 4) is 0 Å². The van der Waals surface area contributed by atoms with Crippen LogP contribution in [-0.2, 0) is 4.79 Å². The Hall–Kier alpha value is -0.220. The smallest absolute Gasteiger partial charge is 0.232 e. The van der Waals surface area contributed by atoms with Gasteiger partial charge in [-0.3, -0.25) is 4.79 Å². The molecule has 88 valence electrons. The Morgan fingerprint density at radius 2 is 2.33 bits per heavy atom. The van der Waals surface area contributed by atoms with Gasteiger partial charge in [-0.25, -0.2) is 0 Å². The molecular weight excluding hydrogens is 208 g/mol. The van der Waals surface area contributed by atoms with Crippen LogP contribution in [0.5, 0.6) is 0 Å². The number of carbonyl (C=O) groups is 1. The summed E-state index contributed by atoms with van der Waals surface area (Å²) < 4.78 is 0. The molecule has 1 unspecified atom stereocenters. The fourth-order valence-electron chi connectivity index (χ4n) is 1.90. The molecule has 0 spiro atoms. The number of nitrogens with zero attached hydrogens (tertiary/aromatic N) is 1. The maximum atomic E-state index is 11.8. The van der Waals surface area contributed by atoms with Crippen LogP contribution < -0.4 is 5.73 Å². The molecule has 0 aromatic rings. The van der Waals surface area contributed by atoms with Crippen molar-refractivity contribution in [2.75, 3.05) is 24.6 Å². The Morgan fingerprint density at radius 3 is 3.00 bits per heavy atom. The highest BCUT2D eigenvalue weighted by molar-refractivity contribution is 7.99. The summed E-state index contributed by atoms with van der Waals surface area (Å²) in [7, 11) is 0. The molecule has 1 heterocycles. The summed E-state index contributed by atoms with van der Waals surface area (Å²) in [5.41, 5.74) is 5.40. The predicted octanol–water partition coefficient (Wildman–Crippen LogP) is 1.47. The average molecular weight is 230 g/mol. The van der Waals surface area contributed by atoms with E-state index in [1.807, 2.05) is 4.90 Å². The van der Waals surface area contributed by atoms with Crippen molar-refractivity contribution in [3.05, 3.63) is 0 Å². The molecule has 1 amide bonds. The summed E-state index contributed by atoms with van der Waals surface area (Å²) >= 11 is 1.71. The highest BCUT2D eigenvalue weighted by Gasteiger charge is 2.22. The highest BCUT2D eigenvalue weighted by Crippen LogP contribution is 2.17. The van der Waals surface area contributed by atoms with Gasteiger partial charge in [0.05, 0.1) is 5.75 Å². The molecule has 0 aromatic heterocycles. The van der Waals surface area contributed by atoms with Gasteiger partial charge in [0.1, 0.15) is 0 Å². The highest BCUT2D eigenvalue weighted by atomic mass is 32.2. The number of likely N-dealkylation sites (tertiary alicyclic amines) is 1. The molecule has 1 aliphatic rings. The van der Waals surface area contributed by atoms with E-state index < -0.39 is 0 Å². The van der Waals surface area contributed by atoms with Crippen molar-refractivity contribution in [1.82, 2.24) is 4.90 Å². The first-order valence-corrected chi connectivity index (χ1v) is 6.98. The fourth-order valence-corrected chi connectivity index (χ4v) is 2.75. The lowest BCUT2D eigenvalue weighted by Crippen LogP contribution is -2.43. The Morgan fingerprint density at radius 1 is 1.53 bits per heavy atom. The van der Waals surface area contributed by atoms with Crippen LogP contribution in [0.1, 0.15) is 32.6 Å². The lowest BCUT2D eigenvalue weighted by Gasteiger charge is -2.33. The number of hydrogen-bond acceptors (Lipinski definition) is 3. The third-order valence-electron chi connectivity index (χ3n) is 2.84. The molecule has 1 atom stereocenters. The topological polar surface area (TPSA) is 46.3 Å². The van der Waals surface area contributed by atoms with Crippen LogP contribution in [0.4, 0.5) is 0 Å². The molecule has 0 bridgehead atoms. The van der Waals surface area contributed by atoms with Crippen molar-refractivity contribution in [2.24, 2.45) is 5.73 Å². The Kier molecular flexibility index (Phi) is 6.10. The summed E-state index contributed by atoms with van der Waals surface area (Å²) in [6.45, 7) is 3.83. The van der Waals surface area contributed by atoms with Gasteiger partial charge >= 0.3 is 0 Å². The molecule has 2 N–H and O–H groups in total. The van der Waals surface area contributed by atoms with Gasteiger partial charge in [-0.2, -0.15) is 11.8 Å². The van der Waals surface area contributed by atoms with E-state index in [0.29, 0.717) is 17.7 Å². The van der Waals surface area contributed by atoms with Gasteiger partial charge in [0.15, 0.2) is 0 Å². The molecule has 1 rings (SSSR count). The minimum absolute atomic E-state index is 0.309. The first-order valence-electron chi connectivity index (χ1n) is 5.83. The van der Waals surface area contributed by atoms with Gasteiger partial charge in [0.2, 0.25) is 5.91 Å². The quantitative estimate of drug-likeness (QED) is 0.728. The van der Waals surface area contributed by atoms with E-state index in [9.17, 15) is 4.79 Å². The van der Waals surface area contributed by atoms with Crippen LogP contribution in [0.25, 0.3) is 0 Å². The SMILES string of the molecule is CC1CCCCN1C(=O)CSCCCN. The lowest BCUT2D eigenvalue weighted by atomic mass is 10.0. The van der Waals surface area contributed by atoms with Crippen molar-refractivity contribution in [3.63, 3.8) is 0 Å². The van der Waals surface area contributed by atoms with E-state index in [1.165, 1.54) is 19.3 Å². The summed E-state index contributed by atoms with van der Waals surface area (Å²) in [5.74, 6) is 1.94. The number of hydrogen-bond donors (Lipinski definition) is 1. The molecule has 0 radical (unpaired) electrons. The molecule has 1 aliphatic heterocycles. The zero-order valence-electron chi connectivity index (χ0n) is 9.58. The Bertz CT molecular complexity index is 199. The molecular formula is C11H22N2OS. The molecule has 3 nitrogen and oxygen atoms in total. The second kappa shape index (κ2) is 7.12. The Balaban J connectivity index is 2.20. The predicted molar refractivity (Wildman–Crippen MR) is 66.0 cm³/mol. The third-order valence-corrected chi connectivity index (χ3v) is 3.87. The maximum absolute atomic E-state index is 11.8. The van der Waals surface area contributed by atoms with Crippen LogP contribution >= 0.6 is 11.8 Å². The summed E-state index contributed by atoms with van der Waals surface area (Å²) in [6, 6.07) is 0.446. The number of amides is 1. The van der Waals surface area contributed by atoms with Crippen molar-refractivity contribution >= 4 is 17.7 Å². The van der Waals surface area contributed by atoms with E-state index in [0.717, 1.165) is 25.3 Å². The Labute approximate surface area is 96.8 Å². The van der Waals surface area contributed by atoms with E-state index >= 15 is 0 Å². The second-order valence-corrected chi connectivity index (χ2v) is 5.23. The molecule has 0 aromatic carbocycles. The number of nitrogens with two attached hydrogens (primary N) is 1. The second-order valence-electron chi connectivity index (χ2n) is 4.13. The van der Waals surface area contributed by atoms with Gasteiger partial charge in [-0.05, 0) is 44.9 Å². The van der Waals surface area contributed by atoms with Crippen LogP contribution in [0, 0.1) is 0 Å². The molecule has 4 heteroatoms. The number of piperidine rings is 1. The average Bonchev–Trinajstić information content (AvgIpc) is 2.25. The monoisotopic (exact) mass is 230 g/mol. The minimum Gasteiger partial charge on any atom is -0.339 e. The summed E-state index contributed by atoms with van der Waals surface area (Å²) in [5, 5.41) is 0. The molecule has 1 fully saturated rings. The zero-order valence-corrected chi connectivity index (χ0v) is 10.4. The van der Waals surface area contributed by atoms with Crippen LogP contribution in [0.3, 0.4) is 0 Å². The third kappa shape index (κ3) is 4.43. The van der Waals surface area contributed by atoms with E-state index in [-0.39, 0.29) is 0 Å². The number of thioether (sulfide) groups is 1. The first-order chi connectivity index (χ1) is 7.25. The van der Waals surface area contributed by atoms with E-state index in [4.69, 9.17) is 5.73 Å². The van der Waals surface area contributed by atoms with Crippen molar-refractivity contribution < 1.29 is 4.79 Å². The van der Waals surface area contributed by atoms with Gasteiger partial charge < -0.3 is 10.6 Å². The maximum Gasteiger partial charge on any atom is 0.232 e. The lowest BCUT2D eigenvalue weighted by molar-refractivity contribution is -0.131. The fraction of sp³-hybridized carbons (Fsp3) is 0.909. The van der Waals surface area contributed by atoms with Gasteiger partial charge in [-0.1, -0.05) is 0 Å². The minimum atomic E-state index is 0.309. The molecule has 15 heavy (non-hydrogen) atoms. The largest absolute Gasteiger partial charge is 0.339 e. The van der Waals surface area contributed by atoms with Gasteiger partial charge in [-0.15, -0.1) is 0 Å². The zero-order chi connectivity index (χ0) is 11.1.